The van der Waals surface area contributed by atoms with E-state index >= 15 is 0 Å². The van der Waals surface area contributed by atoms with E-state index in [9.17, 15) is 5.11 Å². The largest absolute Gasteiger partial charge is 0.504 e. The van der Waals surface area contributed by atoms with Crippen LogP contribution < -0.4 is 0 Å². The SMILES string of the molecule is CCCCc1c(O)c(-c2ccccc2)nn1CCC. The van der Waals surface area contributed by atoms with Gasteiger partial charge in [0.2, 0.25) is 0 Å². The first kappa shape index (κ1) is 13.7. The molecule has 0 saturated heterocycles. The maximum Gasteiger partial charge on any atom is 0.164 e. The van der Waals surface area contributed by atoms with Gasteiger partial charge in [-0.1, -0.05) is 50.6 Å². The van der Waals surface area contributed by atoms with Gasteiger partial charge in [0.15, 0.2) is 5.75 Å². The molecule has 0 unspecified atom stereocenters. The maximum absolute atomic E-state index is 10.4. The highest BCUT2D eigenvalue weighted by Crippen LogP contribution is 2.32. The Hall–Kier alpha value is -1.77. The smallest absolute Gasteiger partial charge is 0.164 e. The average molecular weight is 258 g/mol. The Bertz CT molecular complexity index is 517. The Morgan fingerprint density at radius 1 is 1.11 bits per heavy atom. The summed E-state index contributed by atoms with van der Waals surface area (Å²) in [5.74, 6) is 0.355. The Balaban J connectivity index is 2.40. The topological polar surface area (TPSA) is 38.1 Å². The molecule has 1 aromatic heterocycles. The van der Waals surface area contributed by atoms with Crippen LogP contribution in [0.2, 0.25) is 0 Å². The third kappa shape index (κ3) is 2.98. The molecule has 1 N–H and O–H groups in total. The molecule has 19 heavy (non-hydrogen) atoms. The zero-order valence-corrected chi connectivity index (χ0v) is 11.8. The molecule has 1 aromatic carbocycles. The highest BCUT2D eigenvalue weighted by atomic mass is 16.3. The van der Waals surface area contributed by atoms with Gasteiger partial charge in [-0.15, -0.1) is 0 Å². The predicted octanol–water partition coefficient (Wildman–Crippen LogP) is 4.01. The van der Waals surface area contributed by atoms with Crippen molar-refractivity contribution in [3.63, 3.8) is 0 Å². The van der Waals surface area contributed by atoms with E-state index in [0.29, 0.717) is 11.4 Å². The first-order chi connectivity index (χ1) is 9.27. The summed E-state index contributed by atoms with van der Waals surface area (Å²) < 4.78 is 1.97. The van der Waals surface area contributed by atoms with Crippen LogP contribution >= 0.6 is 0 Å². The highest BCUT2D eigenvalue weighted by molar-refractivity contribution is 5.67. The highest BCUT2D eigenvalue weighted by Gasteiger charge is 2.17. The lowest BCUT2D eigenvalue weighted by molar-refractivity contribution is 0.461. The molecular formula is C16H22N2O. The summed E-state index contributed by atoms with van der Waals surface area (Å²) in [5.41, 5.74) is 2.66. The number of hydrogen-bond acceptors (Lipinski definition) is 2. The Kier molecular flexibility index (Phi) is 4.61. The predicted molar refractivity (Wildman–Crippen MR) is 78.2 cm³/mol. The van der Waals surface area contributed by atoms with E-state index in [1.165, 1.54) is 0 Å². The number of nitrogens with zero attached hydrogens (tertiary/aromatic N) is 2. The van der Waals surface area contributed by atoms with E-state index in [1.54, 1.807) is 0 Å². The molecule has 0 amide bonds. The fourth-order valence-electron chi connectivity index (χ4n) is 2.27. The summed E-state index contributed by atoms with van der Waals surface area (Å²) in [6, 6.07) is 9.89. The second kappa shape index (κ2) is 6.41. The van der Waals surface area contributed by atoms with E-state index in [2.05, 4.69) is 18.9 Å². The van der Waals surface area contributed by atoms with Gasteiger partial charge in [-0.2, -0.15) is 5.10 Å². The summed E-state index contributed by atoms with van der Waals surface area (Å²) in [4.78, 5) is 0. The van der Waals surface area contributed by atoms with Crippen LogP contribution in [0.3, 0.4) is 0 Å². The van der Waals surface area contributed by atoms with Crippen LogP contribution in [-0.4, -0.2) is 14.9 Å². The molecule has 2 rings (SSSR count). The molecular weight excluding hydrogens is 236 g/mol. The zero-order chi connectivity index (χ0) is 13.7. The fraction of sp³-hybridized carbons (Fsp3) is 0.438. The molecule has 0 spiro atoms. The lowest BCUT2D eigenvalue weighted by Gasteiger charge is -2.05. The Morgan fingerprint density at radius 3 is 2.47 bits per heavy atom. The van der Waals surface area contributed by atoms with Crippen LogP contribution in [0.25, 0.3) is 11.3 Å². The second-order valence-corrected chi connectivity index (χ2v) is 4.84. The molecule has 102 valence electrons. The van der Waals surface area contributed by atoms with Gasteiger partial charge in [-0.05, 0) is 19.3 Å². The third-order valence-corrected chi connectivity index (χ3v) is 3.28. The summed E-state index contributed by atoms with van der Waals surface area (Å²) in [6.45, 7) is 5.15. The molecule has 1 heterocycles. The quantitative estimate of drug-likeness (QED) is 0.850. The van der Waals surface area contributed by atoms with E-state index in [4.69, 9.17) is 0 Å². The van der Waals surface area contributed by atoms with E-state index in [-0.39, 0.29) is 0 Å². The van der Waals surface area contributed by atoms with Crippen molar-refractivity contribution >= 4 is 0 Å². The number of aryl methyl sites for hydroxylation is 1. The summed E-state index contributed by atoms with van der Waals surface area (Å²) >= 11 is 0. The summed E-state index contributed by atoms with van der Waals surface area (Å²) in [5, 5.41) is 15.0. The minimum absolute atomic E-state index is 0.355. The number of hydrogen-bond donors (Lipinski definition) is 1. The molecule has 0 aliphatic carbocycles. The van der Waals surface area contributed by atoms with Crippen molar-refractivity contribution in [1.82, 2.24) is 9.78 Å². The Labute approximate surface area is 114 Å². The van der Waals surface area contributed by atoms with Gasteiger partial charge in [0.05, 0.1) is 5.69 Å². The zero-order valence-electron chi connectivity index (χ0n) is 11.8. The molecule has 3 nitrogen and oxygen atoms in total. The first-order valence-electron chi connectivity index (χ1n) is 7.12. The number of rotatable bonds is 6. The van der Waals surface area contributed by atoms with E-state index in [0.717, 1.165) is 43.5 Å². The molecule has 0 radical (unpaired) electrons. The van der Waals surface area contributed by atoms with Crippen molar-refractivity contribution in [2.45, 2.75) is 46.1 Å². The van der Waals surface area contributed by atoms with Crippen LogP contribution in [0, 0.1) is 0 Å². The molecule has 0 atom stereocenters. The standard InChI is InChI=1S/C16H22N2O/c1-3-5-11-14-16(19)15(17-18(14)12-4-2)13-9-7-6-8-10-13/h6-10,19H,3-5,11-12H2,1-2H3. The van der Waals surface area contributed by atoms with Gasteiger partial charge in [0, 0.05) is 12.1 Å². The van der Waals surface area contributed by atoms with Crippen LogP contribution in [-0.2, 0) is 13.0 Å². The molecule has 0 fully saturated rings. The molecule has 0 aliphatic heterocycles. The minimum atomic E-state index is 0.355. The summed E-state index contributed by atoms with van der Waals surface area (Å²) in [7, 11) is 0. The first-order valence-corrected chi connectivity index (χ1v) is 7.12. The van der Waals surface area contributed by atoms with Crippen LogP contribution in [0.1, 0.15) is 38.8 Å². The van der Waals surface area contributed by atoms with Gasteiger partial charge >= 0.3 is 0 Å². The van der Waals surface area contributed by atoms with Gasteiger partial charge in [-0.3, -0.25) is 4.68 Å². The van der Waals surface area contributed by atoms with Gasteiger partial charge in [0.1, 0.15) is 5.69 Å². The van der Waals surface area contributed by atoms with Crippen molar-refractivity contribution < 1.29 is 5.11 Å². The van der Waals surface area contributed by atoms with Crippen molar-refractivity contribution in [2.24, 2.45) is 0 Å². The number of unbranched alkanes of at least 4 members (excludes halogenated alkanes) is 1. The lowest BCUT2D eigenvalue weighted by Crippen LogP contribution is -2.04. The number of aromatic hydroxyl groups is 1. The molecule has 0 saturated carbocycles. The van der Waals surface area contributed by atoms with Crippen LogP contribution in [0.15, 0.2) is 30.3 Å². The van der Waals surface area contributed by atoms with Gasteiger partial charge < -0.3 is 5.11 Å². The summed E-state index contributed by atoms with van der Waals surface area (Å²) in [6.07, 6.45) is 4.12. The second-order valence-electron chi connectivity index (χ2n) is 4.84. The molecule has 0 aliphatic rings. The van der Waals surface area contributed by atoms with Crippen molar-refractivity contribution in [1.29, 1.82) is 0 Å². The van der Waals surface area contributed by atoms with Gasteiger partial charge in [-0.25, -0.2) is 0 Å². The molecule has 0 bridgehead atoms. The fourth-order valence-corrected chi connectivity index (χ4v) is 2.27. The normalized spacial score (nSPS) is 10.8. The minimum Gasteiger partial charge on any atom is -0.504 e. The van der Waals surface area contributed by atoms with Crippen molar-refractivity contribution in [3.05, 3.63) is 36.0 Å². The third-order valence-electron chi connectivity index (χ3n) is 3.28. The molecule has 3 heteroatoms. The van der Waals surface area contributed by atoms with E-state index < -0.39 is 0 Å². The van der Waals surface area contributed by atoms with Crippen LogP contribution in [0.4, 0.5) is 0 Å². The average Bonchev–Trinajstić information content (AvgIpc) is 2.75. The van der Waals surface area contributed by atoms with Crippen molar-refractivity contribution in [2.75, 3.05) is 0 Å². The number of benzene rings is 1. The van der Waals surface area contributed by atoms with Crippen LogP contribution in [0.5, 0.6) is 5.75 Å². The van der Waals surface area contributed by atoms with Gasteiger partial charge in [0.25, 0.3) is 0 Å². The number of aromatic nitrogens is 2. The lowest BCUT2D eigenvalue weighted by atomic mass is 10.1. The monoisotopic (exact) mass is 258 g/mol. The maximum atomic E-state index is 10.4. The Morgan fingerprint density at radius 2 is 1.84 bits per heavy atom. The molecule has 2 aromatic rings. The van der Waals surface area contributed by atoms with E-state index in [1.807, 2.05) is 35.0 Å². The van der Waals surface area contributed by atoms with Crippen molar-refractivity contribution in [3.8, 4) is 17.0 Å².